The van der Waals surface area contributed by atoms with Gasteiger partial charge in [0.2, 0.25) is 6.29 Å². The summed E-state index contributed by atoms with van der Waals surface area (Å²) in [6.45, 7) is 3.77. The highest BCUT2D eigenvalue weighted by Crippen LogP contribution is 2.28. The third-order valence-electron chi connectivity index (χ3n) is 4.28. The maximum atomic E-state index is 12.7. The lowest BCUT2D eigenvalue weighted by Crippen LogP contribution is -2.67. The molecule has 0 bridgehead atoms. The second kappa shape index (κ2) is 11.2. The minimum absolute atomic E-state index is 0.478. The van der Waals surface area contributed by atoms with E-state index in [1.54, 1.807) is 0 Å². The number of amides is 1. The van der Waals surface area contributed by atoms with E-state index in [1.807, 2.05) is 0 Å². The van der Waals surface area contributed by atoms with E-state index in [0.29, 0.717) is 0 Å². The first-order chi connectivity index (χ1) is 15.9. The number of carbonyl (C=O) groups excluding carboxylic acids is 5. The largest absolute Gasteiger partial charge is 0.463 e. The summed E-state index contributed by atoms with van der Waals surface area (Å²) >= 11 is 0. The van der Waals surface area contributed by atoms with Crippen LogP contribution in [0.2, 0.25) is 0 Å². The first-order valence-corrected chi connectivity index (χ1v) is 9.74. The van der Waals surface area contributed by atoms with Crippen LogP contribution in [0.4, 0.5) is 5.88 Å². The monoisotopic (exact) mass is 486 g/mol. The number of nitrogens with zero attached hydrogens (tertiary/aromatic N) is 1. The highest BCUT2D eigenvalue weighted by atomic mass is 16.7. The van der Waals surface area contributed by atoms with E-state index in [4.69, 9.17) is 28.1 Å². The van der Waals surface area contributed by atoms with Gasteiger partial charge in [0.05, 0.1) is 6.07 Å². The van der Waals surface area contributed by atoms with Crippen molar-refractivity contribution in [1.29, 1.82) is 0 Å². The third kappa shape index (κ3) is 6.99. The number of ether oxygens (including phenoxy) is 5. The van der Waals surface area contributed by atoms with Crippen LogP contribution in [0.15, 0.2) is 16.5 Å². The van der Waals surface area contributed by atoms with E-state index >= 15 is 0 Å². The van der Waals surface area contributed by atoms with Crippen molar-refractivity contribution in [3.63, 3.8) is 0 Å². The molecule has 1 amide bonds. The molecule has 2 heterocycles. The van der Waals surface area contributed by atoms with E-state index in [0.717, 1.165) is 39.8 Å². The molecule has 0 aromatic carbocycles. The van der Waals surface area contributed by atoms with Crippen molar-refractivity contribution in [1.82, 2.24) is 5.32 Å². The number of furan rings is 1. The Kier molecular flexibility index (Phi) is 8.66. The topological polar surface area (TPSA) is 200 Å². The van der Waals surface area contributed by atoms with Crippen LogP contribution < -0.4 is 5.32 Å². The third-order valence-corrected chi connectivity index (χ3v) is 4.28. The molecular formula is C19H22N2O13. The fraction of sp³-hybridized carbons (Fsp3) is 0.526. The predicted molar refractivity (Wildman–Crippen MR) is 105 cm³/mol. The molecule has 5 atom stereocenters. The lowest BCUT2D eigenvalue weighted by Gasteiger charge is -2.44. The summed E-state index contributed by atoms with van der Waals surface area (Å²) in [5.41, 5.74) is 0. The Labute approximate surface area is 191 Å². The number of nitro groups is 1. The van der Waals surface area contributed by atoms with Gasteiger partial charge in [0.15, 0.2) is 18.0 Å². The zero-order valence-corrected chi connectivity index (χ0v) is 18.5. The van der Waals surface area contributed by atoms with E-state index in [-0.39, 0.29) is 0 Å². The zero-order valence-electron chi connectivity index (χ0n) is 18.5. The maximum absolute atomic E-state index is 12.7. The van der Waals surface area contributed by atoms with Gasteiger partial charge in [0.1, 0.15) is 23.7 Å². The molecule has 1 aromatic heterocycles. The van der Waals surface area contributed by atoms with Crippen LogP contribution in [-0.2, 0) is 42.9 Å². The van der Waals surface area contributed by atoms with E-state index in [9.17, 15) is 34.1 Å². The van der Waals surface area contributed by atoms with Gasteiger partial charge in [-0.3, -0.25) is 34.1 Å². The van der Waals surface area contributed by atoms with Crippen LogP contribution in [0, 0.1) is 10.1 Å². The fourth-order valence-electron chi connectivity index (χ4n) is 3.09. The van der Waals surface area contributed by atoms with Gasteiger partial charge >= 0.3 is 29.8 Å². The highest BCUT2D eigenvalue weighted by molar-refractivity contribution is 5.92. The summed E-state index contributed by atoms with van der Waals surface area (Å²) in [5.74, 6) is -5.44. The Morgan fingerprint density at radius 1 is 0.941 bits per heavy atom. The van der Waals surface area contributed by atoms with Gasteiger partial charge in [-0.2, -0.15) is 0 Å². The van der Waals surface area contributed by atoms with E-state index < -0.39 is 83.6 Å². The molecule has 15 heteroatoms. The first-order valence-electron chi connectivity index (χ1n) is 9.74. The molecule has 186 valence electrons. The molecule has 1 fully saturated rings. The number of hydrogen-bond donors (Lipinski definition) is 1. The van der Waals surface area contributed by atoms with Gasteiger partial charge in [-0.25, -0.2) is 0 Å². The number of carbonyl (C=O) groups is 5. The predicted octanol–water partition coefficient (Wildman–Crippen LogP) is 0.000700. The van der Waals surface area contributed by atoms with Crippen LogP contribution in [0.1, 0.15) is 38.2 Å². The molecule has 0 radical (unpaired) electrons. The van der Waals surface area contributed by atoms with Crippen LogP contribution in [0.5, 0.6) is 0 Å². The molecule has 1 aromatic rings. The van der Waals surface area contributed by atoms with Gasteiger partial charge in [-0.05, 0) is 6.07 Å². The molecule has 15 nitrogen and oxygen atoms in total. The van der Waals surface area contributed by atoms with Crippen molar-refractivity contribution in [2.24, 2.45) is 0 Å². The number of hydrogen-bond acceptors (Lipinski definition) is 13. The Bertz CT molecular complexity index is 971. The first kappa shape index (κ1) is 26.2. The fourth-order valence-corrected chi connectivity index (χ4v) is 3.09. The van der Waals surface area contributed by atoms with Crippen molar-refractivity contribution < 1.29 is 57.0 Å². The minimum atomic E-state index is -1.61. The smallest absolute Gasteiger partial charge is 0.433 e. The van der Waals surface area contributed by atoms with Crippen molar-refractivity contribution in [2.75, 3.05) is 6.61 Å². The minimum Gasteiger partial charge on any atom is -0.463 e. The quantitative estimate of drug-likeness (QED) is 0.223. The summed E-state index contributed by atoms with van der Waals surface area (Å²) in [6, 6.07) is 0.490. The van der Waals surface area contributed by atoms with Crippen LogP contribution >= 0.6 is 0 Å². The van der Waals surface area contributed by atoms with Gasteiger partial charge in [0.25, 0.3) is 5.91 Å². The van der Waals surface area contributed by atoms with Gasteiger partial charge < -0.3 is 33.4 Å². The Balaban J connectivity index is 2.44. The Hall–Kier alpha value is -4.01. The number of nitrogens with one attached hydrogen (secondary N) is 1. The maximum Gasteiger partial charge on any atom is 0.433 e. The molecular weight excluding hydrogens is 464 g/mol. The molecule has 34 heavy (non-hydrogen) atoms. The molecule has 2 rings (SSSR count). The molecule has 1 aliphatic heterocycles. The van der Waals surface area contributed by atoms with Gasteiger partial charge in [-0.15, -0.1) is 0 Å². The summed E-state index contributed by atoms with van der Waals surface area (Å²) in [5, 5.41) is 13.2. The summed E-state index contributed by atoms with van der Waals surface area (Å²) in [7, 11) is 0. The van der Waals surface area contributed by atoms with Crippen LogP contribution in [-0.4, -0.2) is 72.0 Å². The average Bonchev–Trinajstić information content (AvgIpc) is 3.20. The summed E-state index contributed by atoms with van der Waals surface area (Å²) < 4.78 is 31.0. The van der Waals surface area contributed by atoms with Crippen LogP contribution in [0.3, 0.4) is 0 Å². The second-order valence-corrected chi connectivity index (χ2v) is 7.00. The second-order valence-electron chi connectivity index (χ2n) is 7.00. The van der Waals surface area contributed by atoms with E-state index in [1.165, 1.54) is 0 Å². The lowest BCUT2D eigenvalue weighted by molar-refractivity contribution is -0.402. The average molecular weight is 486 g/mol. The number of rotatable bonds is 8. The SMILES string of the molecule is CC(=O)OC[C@H]1O[C@@H](OC(C)=O)[C@@H](NC(=O)c2ccc([N+](=O)[O-])o2)[C@@H](OC(C)=O)[C@H]1OC(C)=O. The lowest BCUT2D eigenvalue weighted by atomic mass is 9.96. The molecule has 1 aliphatic rings. The van der Waals surface area contributed by atoms with Crippen molar-refractivity contribution in [3.8, 4) is 0 Å². The summed E-state index contributed by atoms with van der Waals surface area (Å²) in [6.07, 6.45) is -5.78. The van der Waals surface area contributed by atoms with Gasteiger partial charge in [-0.1, -0.05) is 0 Å². The molecule has 0 saturated carbocycles. The molecule has 0 spiro atoms. The summed E-state index contributed by atoms with van der Waals surface area (Å²) in [4.78, 5) is 69.2. The van der Waals surface area contributed by atoms with Crippen molar-refractivity contribution in [3.05, 3.63) is 28.0 Å². The van der Waals surface area contributed by atoms with Gasteiger partial charge in [0, 0.05) is 27.7 Å². The van der Waals surface area contributed by atoms with Crippen LogP contribution in [0.25, 0.3) is 0 Å². The molecule has 0 aliphatic carbocycles. The van der Waals surface area contributed by atoms with E-state index in [2.05, 4.69) is 5.32 Å². The standard InChI is InChI=1S/C19H22N2O13/c1-8(22)29-7-13-16(30-9(2)23)17(31-10(3)24)15(19(34-13)32-11(4)25)20-18(26)12-5-6-14(33-12)21(27)28/h5-6,13,15-17,19H,7H2,1-4H3,(H,20,26)/t13-,15+,16+,17-,19-/m1/s1. The van der Waals surface area contributed by atoms with Crippen molar-refractivity contribution in [2.45, 2.75) is 58.3 Å². The molecule has 1 N–H and O–H groups in total. The normalized spacial score (nSPS) is 23.8. The Morgan fingerprint density at radius 2 is 1.53 bits per heavy atom. The Morgan fingerprint density at radius 3 is 2.03 bits per heavy atom. The molecule has 0 unspecified atom stereocenters. The molecule has 1 saturated heterocycles. The number of esters is 4. The van der Waals surface area contributed by atoms with Crippen molar-refractivity contribution >= 4 is 35.7 Å². The zero-order chi connectivity index (χ0) is 25.6. The highest BCUT2D eigenvalue weighted by Gasteiger charge is 2.52.